The number of thiophene rings is 1. The summed E-state index contributed by atoms with van der Waals surface area (Å²) >= 11 is 1.35. The molecule has 3 heterocycles. The maximum absolute atomic E-state index is 12.2. The number of nitrogens with zero attached hydrogens (tertiary/aromatic N) is 4. The van der Waals surface area contributed by atoms with Crippen molar-refractivity contribution in [1.29, 1.82) is 0 Å². The molecule has 1 amide bonds. The van der Waals surface area contributed by atoms with Crippen LogP contribution in [-0.2, 0) is 9.53 Å². The average molecular weight is 376 g/mol. The van der Waals surface area contributed by atoms with Crippen LogP contribution in [0.25, 0.3) is 10.2 Å². The van der Waals surface area contributed by atoms with Crippen LogP contribution < -0.4 is 4.90 Å². The fourth-order valence-electron chi connectivity index (χ4n) is 3.39. The number of fused-ring (bicyclic) bond motifs is 1. The molecule has 1 aliphatic rings. The predicted octanol–water partition coefficient (Wildman–Crippen LogP) is 2.48. The number of anilines is 1. The van der Waals surface area contributed by atoms with Gasteiger partial charge in [0.05, 0.1) is 12.0 Å². The van der Waals surface area contributed by atoms with E-state index in [1.165, 1.54) is 11.3 Å². The van der Waals surface area contributed by atoms with Gasteiger partial charge in [0.1, 0.15) is 21.9 Å². The van der Waals surface area contributed by atoms with Crippen molar-refractivity contribution in [3.05, 3.63) is 16.8 Å². The molecule has 0 spiro atoms. The molecule has 2 aromatic heterocycles. The number of carbonyl (C=O) groups excluding carboxylic acids is 2. The van der Waals surface area contributed by atoms with Gasteiger partial charge in [0.2, 0.25) is 5.91 Å². The maximum atomic E-state index is 12.2. The monoisotopic (exact) mass is 376 g/mol. The minimum Gasteiger partial charge on any atom is -0.462 e. The molecule has 0 radical (unpaired) electrons. The minimum absolute atomic E-state index is 0.0669. The Hall–Kier alpha value is -2.22. The van der Waals surface area contributed by atoms with Crippen molar-refractivity contribution in [1.82, 2.24) is 14.9 Å². The van der Waals surface area contributed by atoms with Crippen LogP contribution in [0.1, 0.15) is 35.0 Å². The summed E-state index contributed by atoms with van der Waals surface area (Å²) in [5, 5.41) is 0.915. The number of amides is 1. The van der Waals surface area contributed by atoms with Crippen LogP contribution in [0.2, 0.25) is 0 Å². The summed E-state index contributed by atoms with van der Waals surface area (Å²) in [6.45, 7) is 5.59. The van der Waals surface area contributed by atoms with Crippen molar-refractivity contribution in [3.63, 3.8) is 0 Å². The van der Waals surface area contributed by atoms with E-state index in [0.29, 0.717) is 11.5 Å². The van der Waals surface area contributed by atoms with Crippen LogP contribution in [0.15, 0.2) is 6.33 Å². The molecular formula is C18H24N4O3S. The van der Waals surface area contributed by atoms with Gasteiger partial charge >= 0.3 is 5.97 Å². The van der Waals surface area contributed by atoms with Gasteiger partial charge in [-0.1, -0.05) is 0 Å². The smallest absolute Gasteiger partial charge is 0.348 e. The highest BCUT2D eigenvalue weighted by molar-refractivity contribution is 7.20. The second-order valence-corrected chi connectivity index (χ2v) is 7.65. The standard InChI is InChI=1S/C18H24N4O3S/c1-5-25-18(24)14-11(2)13-15(19-10-20-16(13)26-14)22-8-6-12(7-9-22)17(23)21(3)4/h10,12H,5-9H2,1-4H3. The Morgan fingerprint density at radius 2 is 2.00 bits per heavy atom. The highest BCUT2D eigenvalue weighted by Crippen LogP contribution is 2.36. The lowest BCUT2D eigenvalue weighted by atomic mass is 9.95. The summed E-state index contributed by atoms with van der Waals surface area (Å²) in [7, 11) is 3.60. The number of aromatic nitrogens is 2. The van der Waals surface area contributed by atoms with Crippen molar-refractivity contribution >= 4 is 39.2 Å². The Kier molecular flexibility index (Phi) is 5.41. The SMILES string of the molecule is CCOC(=O)c1sc2ncnc(N3CCC(C(=O)N(C)C)CC3)c2c1C. The van der Waals surface area contributed by atoms with Crippen molar-refractivity contribution in [3.8, 4) is 0 Å². The first kappa shape index (κ1) is 18.6. The number of ether oxygens (including phenoxy) is 1. The van der Waals surface area contributed by atoms with Gasteiger partial charge in [0, 0.05) is 33.1 Å². The topological polar surface area (TPSA) is 75.6 Å². The number of carbonyl (C=O) groups is 2. The molecule has 1 fully saturated rings. The fourth-order valence-corrected chi connectivity index (χ4v) is 4.42. The van der Waals surface area contributed by atoms with E-state index in [2.05, 4.69) is 14.9 Å². The highest BCUT2D eigenvalue weighted by Gasteiger charge is 2.29. The summed E-state index contributed by atoms with van der Waals surface area (Å²) in [4.78, 5) is 38.4. The molecule has 0 aliphatic carbocycles. The van der Waals surface area contributed by atoms with Crippen molar-refractivity contribution in [2.24, 2.45) is 5.92 Å². The van der Waals surface area contributed by atoms with Crippen LogP contribution in [-0.4, -0.2) is 60.5 Å². The summed E-state index contributed by atoms with van der Waals surface area (Å²) < 4.78 is 5.15. The van der Waals surface area contributed by atoms with Crippen LogP contribution in [0.3, 0.4) is 0 Å². The molecule has 0 saturated carbocycles. The molecule has 140 valence electrons. The molecule has 8 heteroatoms. The van der Waals surface area contributed by atoms with Gasteiger partial charge in [-0.05, 0) is 32.3 Å². The lowest BCUT2D eigenvalue weighted by molar-refractivity contribution is -0.133. The van der Waals surface area contributed by atoms with Crippen LogP contribution in [0.5, 0.6) is 0 Å². The lowest BCUT2D eigenvalue weighted by Gasteiger charge is -2.33. The molecule has 26 heavy (non-hydrogen) atoms. The first-order chi connectivity index (χ1) is 12.4. The van der Waals surface area contributed by atoms with E-state index < -0.39 is 0 Å². The van der Waals surface area contributed by atoms with Gasteiger partial charge in [0.25, 0.3) is 0 Å². The fraction of sp³-hybridized carbons (Fsp3) is 0.556. The van der Waals surface area contributed by atoms with E-state index in [1.807, 2.05) is 6.92 Å². The molecule has 2 aromatic rings. The van der Waals surface area contributed by atoms with E-state index in [4.69, 9.17) is 4.74 Å². The molecule has 3 rings (SSSR count). The van der Waals surface area contributed by atoms with E-state index in [-0.39, 0.29) is 17.8 Å². The van der Waals surface area contributed by atoms with E-state index >= 15 is 0 Å². The Morgan fingerprint density at radius 3 is 2.62 bits per heavy atom. The first-order valence-corrected chi connectivity index (χ1v) is 9.63. The van der Waals surface area contributed by atoms with Gasteiger partial charge in [0.15, 0.2) is 0 Å². The Bertz CT molecular complexity index is 825. The van der Waals surface area contributed by atoms with Crippen molar-refractivity contribution < 1.29 is 14.3 Å². The summed E-state index contributed by atoms with van der Waals surface area (Å²) in [6, 6.07) is 0. The van der Waals surface area contributed by atoms with Crippen molar-refractivity contribution in [2.45, 2.75) is 26.7 Å². The highest BCUT2D eigenvalue weighted by atomic mass is 32.1. The molecule has 0 atom stereocenters. The molecule has 7 nitrogen and oxygen atoms in total. The van der Waals surface area contributed by atoms with E-state index in [9.17, 15) is 9.59 Å². The zero-order chi connectivity index (χ0) is 18.8. The number of piperidine rings is 1. The molecule has 0 N–H and O–H groups in total. The Morgan fingerprint density at radius 1 is 1.31 bits per heavy atom. The molecular weight excluding hydrogens is 352 g/mol. The second-order valence-electron chi connectivity index (χ2n) is 6.65. The third-order valence-electron chi connectivity index (χ3n) is 4.75. The summed E-state index contributed by atoms with van der Waals surface area (Å²) in [5.74, 6) is 0.787. The normalized spacial score (nSPS) is 15.3. The molecule has 0 bridgehead atoms. The minimum atomic E-state index is -0.311. The van der Waals surface area contributed by atoms with Crippen LogP contribution in [0.4, 0.5) is 5.82 Å². The number of esters is 1. The summed E-state index contributed by atoms with van der Waals surface area (Å²) in [6.07, 6.45) is 3.15. The number of hydrogen-bond donors (Lipinski definition) is 0. The third-order valence-corrected chi connectivity index (χ3v) is 5.93. The number of aryl methyl sites for hydroxylation is 1. The third kappa shape index (κ3) is 3.38. The van der Waals surface area contributed by atoms with Gasteiger partial charge in [-0.15, -0.1) is 11.3 Å². The zero-order valence-corrected chi connectivity index (χ0v) is 16.4. The van der Waals surface area contributed by atoms with Gasteiger partial charge in [-0.25, -0.2) is 14.8 Å². The Balaban J connectivity index is 1.87. The molecule has 0 unspecified atom stereocenters. The van der Waals surface area contributed by atoms with Gasteiger partial charge in [-0.2, -0.15) is 0 Å². The average Bonchev–Trinajstić information content (AvgIpc) is 2.98. The van der Waals surface area contributed by atoms with E-state index in [1.54, 1.807) is 32.2 Å². The molecule has 1 aliphatic heterocycles. The van der Waals surface area contributed by atoms with Crippen LogP contribution in [0, 0.1) is 12.8 Å². The van der Waals surface area contributed by atoms with Crippen LogP contribution >= 0.6 is 11.3 Å². The predicted molar refractivity (Wildman–Crippen MR) is 102 cm³/mol. The maximum Gasteiger partial charge on any atom is 0.348 e. The summed E-state index contributed by atoms with van der Waals surface area (Å²) in [5.41, 5.74) is 0.866. The number of rotatable bonds is 4. The molecule has 1 saturated heterocycles. The second kappa shape index (κ2) is 7.57. The lowest BCUT2D eigenvalue weighted by Crippen LogP contribution is -2.40. The Labute approximate surface area is 157 Å². The first-order valence-electron chi connectivity index (χ1n) is 8.81. The molecule has 0 aromatic carbocycles. The van der Waals surface area contributed by atoms with E-state index in [0.717, 1.165) is 47.5 Å². The van der Waals surface area contributed by atoms with Gasteiger partial charge in [-0.3, -0.25) is 4.79 Å². The quantitative estimate of drug-likeness (QED) is 0.763. The number of hydrogen-bond acceptors (Lipinski definition) is 7. The largest absolute Gasteiger partial charge is 0.462 e. The zero-order valence-electron chi connectivity index (χ0n) is 15.6. The van der Waals surface area contributed by atoms with Gasteiger partial charge < -0.3 is 14.5 Å². The van der Waals surface area contributed by atoms with Crippen molar-refractivity contribution in [2.75, 3.05) is 38.7 Å².